The number of rotatable bonds is 3. The van der Waals surface area contributed by atoms with Gasteiger partial charge in [-0.25, -0.2) is 0 Å². The molecule has 2 atom stereocenters. The molecule has 6 nitrogen and oxygen atoms in total. The van der Waals surface area contributed by atoms with Crippen molar-refractivity contribution in [3.63, 3.8) is 0 Å². The quantitative estimate of drug-likeness (QED) is 0.644. The standard InChI is InChI=1S/C13H17N3O3/c1-9-5-4-8-14-12(9)13(17)15-10-6-2-3-7-11(10)16(18)19/h2-3,6-7,9,12,14H,4-5,8H2,1H3,(H,15,17). The molecule has 1 amide bonds. The molecule has 2 N–H and O–H groups in total. The molecule has 1 aromatic carbocycles. The molecule has 6 heteroatoms. The Bertz CT molecular complexity index is 490. The van der Waals surface area contributed by atoms with Gasteiger partial charge in [0, 0.05) is 6.07 Å². The Morgan fingerprint density at radius 2 is 2.21 bits per heavy atom. The van der Waals surface area contributed by atoms with Crippen LogP contribution in [0.3, 0.4) is 0 Å². The van der Waals surface area contributed by atoms with E-state index in [4.69, 9.17) is 0 Å². The Morgan fingerprint density at radius 1 is 1.47 bits per heavy atom. The first-order chi connectivity index (χ1) is 9.09. The zero-order valence-electron chi connectivity index (χ0n) is 10.8. The lowest BCUT2D eigenvalue weighted by Gasteiger charge is -2.28. The maximum atomic E-state index is 12.2. The lowest BCUT2D eigenvalue weighted by atomic mass is 9.92. The van der Waals surface area contributed by atoms with Crippen LogP contribution >= 0.6 is 0 Å². The van der Waals surface area contributed by atoms with Crippen molar-refractivity contribution in [2.75, 3.05) is 11.9 Å². The number of para-hydroxylation sites is 2. The van der Waals surface area contributed by atoms with Crippen molar-refractivity contribution in [1.82, 2.24) is 5.32 Å². The number of anilines is 1. The lowest BCUT2D eigenvalue weighted by molar-refractivity contribution is -0.383. The van der Waals surface area contributed by atoms with Crippen LogP contribution in [0, 0.1) is 16.0 Å². The number of piperidine rings is 1. The Morgan fingerprint density at radius 3 is 2.89 bits per heavy atom. The van der Waals surface area contributed by atoms with Gasteiger partial charge < -0.3 is 10.6 Å². The van der Waals surface area contributed by atoms with Crippen molar-refractivity contribution < 1.29 is 9.72 Å². The molecule has 0 radical (unpaired) electrons. The number of nitrogens with one attached hydrogen (secondary N) is 2. The van der Waals surface area contributed by atoms with Gasteiger partial charge in [0.15, 0.2) is 0 Å². The fourth-order valence-corrected chi connectivity index (χ4v) is 2.35. The summed E-state index contributed by atoms with van der Waals surface area (Å²) in [4.78, 5) is 22.5. The van der Waals surface area contributed by atoms with Crippen LogP contribution in [-0.2, 0) is 4.79 Å². The van der Waals surface area contributed by atoms with E-state index < -0.39 is 4.92 Å². The average Bonchev–Trinajstić information content (AvgIpc) is 2.39. The van der Waals surface area contributed by atoms with E-state index in [1.807, 2.05) is 6.92 Å². The first kappa shape index (κ1) is 13.5. The largest absolute Gasteiger partial charge is 0.319 e. The van der Waals surface area contributed by atoms with Crippen LogP contribution < -0.4 is 10.6 Å². The SMILES string of the molecule is CC1CCCNC1C(=O)Nc1ccccc1[N+](=O)[O-]. The Hall–Kier alpha value is -1.95. The average molecular weight is 263 g/mol. The number of nitro groups is 1. The molecule has 1 saturated heterocycles. The second-order valence-electron chi connectivity index (χ2n) is 4.81. The monoisotopic (exact) mass is 263 g/mol. The second-order valence-corrected chi connectivity index (χ2v) is 4.81. The summed E-state index contributed by atoms with van der Waals surface area (Å²) in [6.07, 6.45) is 2.04. The molecule has 2 unspecified atom stereocenters. The van der Waals surface area contributed by atoms with Crippen LogP contribution in [-0.4, -0.2) is 23.4 Å². The van der Waals surface area contributed by atoms with E-state index in [9.17, 15) is 14.9 Å². The molecule has 1 aliphatic rings. The molecule has 0 aromatic heterocycles. The van der Waals surface area contributed by atoms with E-state index in [1.54, 1.807) is 18.2 Å². The van der Waals surface area contributed by atoms with Crippen molar-refractivity contribution in [3.05, 3.63) is 34.4 Å². The van der Waals surface area contributed by atoms with Crippen LogP contribution in [0.1, 0.15) is 19.8 Å². The first-order valence-electron chi connectivity index (χ1n) is 6.37. The van der Waals surface area contributed by atoms with Gasteiger partial charge in [-0.3, -0.25) is 14.9 Å². The second kappa shape index (κ2) is 5.79. The van der Waals surface area contributed by atoms with E-state index in [0.29, 0.717) is 0 Å². The number of amides is 1. The third kappa shape index (κ3) is 3.08. The Labute approximate surface area is 111 Å². The van der Waals surface area contributed by atoms with E-state index >= 15 is 0 Å². The van der Waals surface area contributed by atoms with Gasteiger partial charge in [0.05, 0.1) is 11.0 Å². The molecule has 0 spiro atoms. The van der Waals surface area contributed by atoms with Gasteiger partial charge in [-0.2, -0.15) is 0 Å². The lowest BCUT2D eigenvalue weighted by Crippen LogP contribution is -2.48. The molecule has 1 heterocycles. The summed E-state index contributed by atoms with van der Waals surface area (Å²) in [6, 6.07) is 5.89. The van der Waals surface area contributed by atoms with E-state index in [0.717, 1.165) is 19.4 Å². The summed E-state index contributed by atoms with van der Waals surface area (Å²) < 4.78 is 0. The van der Waals surface area contributed by atoms with Crippen LogP contribution in [0.2, 0.25) is 0 Å². The minimum absolute atomic E-state index is 0.0840. The number of carbonyl (C=O) groups is 1. The van der Waals surface area contributed by atoms with Crippen LogP contribution in [0.15, 0.2) is 24.3 Å². The summed E-state index contributed by atoms with van der Waals surface area (Å²) in [7, 11) is 0. The topological polar surface area (TPSA) is 84.3 Å². The van der Waals surface area contributed by atoms with Gasteiger partial charge in [-0.05, 0) is 31.4 Å². The van der Waals surface area contributed by atoms with E-state index in [-0.39, 0.29) is 29.2 Å². The molecule has 0 aliphatic carbocycles. The summed E-state index contributed by atoms with van der Waals surface area (Å²) in [6.45, 7) is 2.81. The number of benzene rings is 1. The molecule has 0 bridgehead atoms. The third-order valence-electron chi connectivity index (χ3n) is 3.41. The highest BCUT2D eigenvalue weighted by molar-refractivity contribution is 5.96. The first-order valence-corrected chi connectivity index (χ1v) is 6.37. The van der Waals surface area contributed by atoms with Gasteiger partial charge >= 0.3 is 0 Å². The van der Waals surface area contributed by atoms with Crippen LogP contribution in [0.25, 0.3) is 0 Å². The number of carbonyl (C=O) groups excluding carboxylic acids is 1. The molecule has 1 fully saturated rings. The fourth-order valence-electron chi connectivity index (χ4n) is 2.35. The van der Waals surface area contributed by atoms with Crippen molar-refractivity contribution in [1.29, 1.82) is 0 Å². The van der Waals surface area contributed by atoms with Crippen molar-refractivity contribution in [2.45, 2.75) is 25.8 Å². The maximum Gasteiger partial charge on any atom is 0.292 e. The summed E-state index contributed by atoms with van der Waals surface area (Å²) in [5.74, 6) is 0.0259. The smallest absolute Gasteiger partial charge is 0.292 e. The number of hydrogen-bond acceptors (Lipinski definition) is 4. The molecule has 19 heavy (non-hydrogen) atoms. The minimum Gasteiger partial charge on any atom is -0.319 e. The van der Waals surface area contributed by atoms with Crippen LogP contribution in [0.4, 0.5) is 11.4 Å². The number of nitro benzene ring substituents is 1. The van der Waals surface area contributed by atoms with Crippen molar-refractivity contribution in [2.24, 2.45) is 5.92 Å². The molecule has 2 rings (SSSR count). The zero-order chi connectivity index (χ0) is 13.8. The summed E-state index contributed by atoms with van der Waals surface area (Å²) >= 11 is 0. The summed E-state index contributed by atoms with van der Waals surface area (Å²) in [5.41, 5.74) is 0.163. The van der Waals surface area contributed by atoms with Gasteiger partial charge in [-0.15, -0.1) is 0 Å². The van der Waals surface area contributed by atoms with Gasteiger partial charge in [0.2, 0.25) is 5.91 Å². The highest BCUT2D eigenvalue weighted by Crippen LogP contribution is 2.24. The highest BCUT2D eigenvalue weighted by Gasteiger charge is 2.28. The molecule has 102 valence electrons. The van der Waals surface area contributed by atoms with Gasteiger partial charge in [0.1, 0.15) is 5.69 Å². The zero-order valence-corrected chi connectivity index (χ0v) is 10.8. The van der Waals surface area contributed by atoms with Crippen molar-refractivity contribution >= 4 is 17.3 Å². The fraction of sp³-hybridized carbons (Fsp3) is 0.462. The number of nitrogens with zero attached hydrogens (tertiary/aromatic N) is 1. The van der Waals surface area contributed by atoms with Crippen molar-refractivity contribution in [3.8, 4) is 0 Å². The Balaban J connectivity index is 2.12. The molecular formula is C13H17N3O3. The predicted molar refractivity (Wildman–Crippen MR) is 71.9 cm³/mol. The predicted octanol–water partition coefficient (Wildman–Crippen LogP) is 1.92. The Kier molecular flexibility index (Phi) is 4.11. The van der Waals surface area contributed by atoms with Gasteiger partial charge in [0.25, 0.3) is 5.69 Å². The van der Waals surface area contributed by atoms with E-state index in [2.05, 4.69) is 10.6 Å². The third-order valence-corrected chi connectivity index (χ3v) is 3.41. The molecule has 1 aromatic rings. The van der Waals surface area contributed by atoms with Crippen LogP contribution in [0.5, 0.6) is 0 Å². The minimum atomic E-state index is -0.493. The normalized spacial score (nSPS) is 22.8. The molecule has 1 aliphatic heterocycles. The molecule has 0 saturated carbocycles. The van der Waals surface area contributed by atoms with E-state index in [1.165, 1.54) is 6.07 Å². The number of hydrogen-bond donors (Lipinski definition) is 2. The molecular weight excluding hydrogens is 246 g/mol. The highest BCUT2D eigenvalue weighted by atomic mass is 16.6. The van der Waals surface area contributed by atoms with Gasteiger partial charge in [-0.1, -0.05) is 19.1 Å². The summed E-state index contributed by atoms with van der Waals surface area (Å²) in [5, 5.41) is 16.7. The maximum absolute atomic E-state index is 12.2.